The Morgan fingerprint density at radius 1 is 1.25 bits per heavy atom. The fourth-order valence-electron chi connectivity index (χ4n) is 3.38. The molecule has 1 saturated heterocycles. The summed E-state index contributed by atoms with van der Waals surface area (Å²) in [5, 5.41) is 4.40. The summed E-state index contributed by atoms with van der Waals surface area (Å²) in [7, 11) is 1.70. The summed E-state index contributed by atoms with van der Waals surface area (Å²) in [6, 6.07) is 8.46. The van der Waals surface area contributed by atoms with Gasteiger partial charge in [0.2, 0.25) is 0 Å². The predicted octanol–water partition coefficient (Wildman–Crippen LogP) is 3.49. The molecule has 1 aromatic carbocycles. The normalized spacial score (nSPS) is 18.3. The van der Waals surface area contributed by atoms with Crippen LogP contribution >= 0.6 is 15.9 Å². The van der Waals surface area contributed by atoms with Gasteiger partial charge in [0.25, 0.3) is 0 Å². The molecule has 2 aromatic heterocycles. The fourth-order valence-corrected chi connectivity index (χ4v) is 3.67. The number of benzene rings is 1. The van der Waals surface area contributed by atoms with Gasteiger partial charge in [-0.1, -0.05) is 12.1 Å². The molecule has 0 saturated carbocycles. The third-order valence-electron chi connectivity index (χ3n) is 4.65. The third kappa shape index (κ3) is 3.03. The lowest BCUT2D eigenvalue weighted by molar-refractivity contribution is 0.328. The van der Waals surface area contributed by atoms with E-state index in [-0.39, 0.29) is 0 Å². The molecule has 1 aliphatic heterocycles. The molecule has 124 valence electrons. The topological polar surface area (TPSA) is 42.7 Å². The van der Waals surface area contributed by atoms with E-state index in [0.717, 1.165) is 35.5 Å². The van der Waals surface area contributed by atoms with Gasteiger partial charge >= 0.3 is 0 Å². The number of ether oxygens (including phenoxy) is 1. The fraction of sp³-hybridized carbons (Fsp3) is 0.333. The SMILES string of the molecule is COc1ccc(C2CCN(Cc3cnn4cc(Br)cnc34)C2)cc1. The molecular formula is C18H19BrN4O. The van der Waals surface area contributed by atoms with Crippen LogP contribution in [0.25, 0.3) is 5.65 Å². The average molecular weight is 387 g/mol. The molecule has 5 nitrogen and oxygen atoms in total. The van der Waals surface area contributed by atoms with Crippen molar-refractivity contribution in [2.24, 2.45) is 0 Å². The van der Waals surface area contributed by atoms with Crippen LogP contribution in [0.2, 0.25) is 0 Å². The molecule has 0 radical (unpaired) electrons. The summed E-state index contributed by atoms with van der Waals surface area (Å²) >= 11 is 3.43. The molecule has 0 bridgehead atoms. The van der Waals surface area contributed by atoms with Crippen LogP contribution in [0.4, 0.5) is 0 Å². The molecule has 0 amide bonds. The van der Waals surface area contributed by atoms with Crippen LogP contribution in [0.3, 0.4) is 0 Å². The Labute approximate surface area is 149 Å². The lowest BCUT2D eigenvalue weighted by Crippen LogP contribution is -2.19. The largest absolute Gasteiger partial charge is 0.497 e. The minimum Gasteiger partial charge on any atom is -0.497 e. The van der Waals surface area contributed by atoms with Crippen LogP contribution in [0, 0.1) is 0 Å². The lowest BCUT2D eigenvalue weighted by atomic mass is 9.98. The van der Waals surface area contributed by atoms with Crippen LogP contribution in [0.1, 0.15) is 23.5 Å². The van der Waals surface area contributed by atoms with Crippen LogP contribution < -0.4 is 4.74 Å². The van der Waals surface area contributed by atoms with Crippen LogP contribution in [0.5, 0.6) is 5.75 Å². The molecule has 1 fully saturated rings. The minimum absolute atomic E-state index is 0.583. The molecule has 24 heavy (non-hydrogen) atoms. The first-order valence-corrected chi connectivity index (χ1v) is 8.86. The number of rotatable bonds is 4. The van der Waals surface area contributed by atoms with Gasteiger partial charge in [0.1, 0.15) is 5.75 Å². The smallest absolute Gasteiger partial charge is 0.159 e. The number of methoxy groups -OCH3 is 1. The van der Waals surface area contributed by atoms with Gasteiger partial charge in [-0.05, 0) is 52.5 Å². The predicted molar refractivity (Wildman–Crippen MR) is 96.3 cm³/mol. The maximum atomic E-state index is 5.24. The van der Waals surface area contributed by atoms with Gasteiger partial charge in [0.05, 0.1) is 17.8 Å². The van der Waals surface area contributed by atoms with Crippen LogP contribution in [-0.2, 0) is 6.54 Å². The number of nitrogens with zero attached hydrogens (tertiary/aromatic N) is 4. The van der Waals surface area contributed by atoms with E-state index in [1.807, 2.05) is 35.2 Å². The summed E-state index contributed by atoms with van der Waals surface area (Å²) in [6.45, 7) is 3.07. The Morgan fingerprint density at radius 2 is 2.08 bits per heavy atom. The van der Waals surface area contributed by atoms with Gasteiger partial charge in [-0.2, -0.15) is 5.10 Å². The van der Waals surface area contributed by atoms with Crippen molar-refractivity contribution in [1.29, 1.82) is 0 Å². The average Bonchev–Trinajstić information content (AvgIpc) is 3.22. The highest BCUT2D eigenvalue weighted by molar-refractivity contribution is 9.10. The summed E-state index contributed by atoms with van der Waals surface area (Å²) in [4.78, 5) is 6.97. The Kier molecular flexibility index (Phi) is 4.24. The van der Waals surface area contributed by atoms with Gasteiger partial charge in [-0.3, -0.25) is 4.90 Å². The second-order valence-corrected chi connectivity index (χ2v) is 7.12. The number of halogens is 1. The zero-order chi connectivity index (χ0) is 16.5. The van der Waals surface area contributed by atoms with E-state index in [2.05, 4.69) is 43.0 Å². The maximum absolute atomic E-state index is 5.24. The van der Waals surface area contributed by atoms with E-state index in [9.17, 15) is 0 Å². The zero-order valence-electron chi connectivity index (χ0n) is 13.5. The van der Waals surface area contributed by atoms with Crippen molar-refractivity contribution in [3.05, 3.63) is 58.5 Å². The minimum atomic E-state index is 0.583. The zero-order valence-corrected chi connectivity index (χ0v) is 15.1. The Morgan fingerprint density at radius 3 is 2.88 bits per heavy atom. The summed E-state index contributed by atoms with van der Waals surface area (Å²) in [5.41, 5.74) is 3.50. The van der Waals surface area contributed by atoms with Crippen molar-refractivity contribution in [2.75, 3.05) is 20.2 Å². The quantitative estimate of drug-likeness (QED) is 0.688. The first-order chi connectivity index (χ1) is 11.7. The Balaban J connectivity index is 1.46. The second-order valence-electron chi connectivity index (χ2n) is 6.20. The highest BCUT2D eigenvalue weighted by atomic mass is 79.9. The molecule has 0 aliphatic carbocycles. The van der Waals surface area contributed by atoms with E-state index in [4.69, 9.17) is 4.74 Å². The molecular weight excluding hydrogens is 368 g/mol. The number of likely N-dealkylation sites (tertiary alicyclic amines) is 1. The molecule has 0 spiro atoms. The first kappa shape index (κ1) is 15.6. The van der Waals surface area contributed by atoms with Crippen molar-refractivity contribution < 1.29 is 4.74 Å². The van der Waals surface area contributed by atoms with Crippen molar-refractivity contribution in [1.82, 2.24) is 19.5 Å². The Hall–Kier alpha value is -1.92. The van der Waals surface area contributed by atoms with E-state index >= 15 is 0 Å². The van der Waals surface area contributed by atoms with Gasteiger partial charge in [-0.15, -0.1) is 0 Å². The van der Waals surface area contributed by atoms with Crippen molar-refractivity contribution in [3.8, 4) is 5.75 Å². The van der Waals surface area contributed by atoms with Crippen molar-refractivity contribution in [2.45, 2.75) is 18.9 Å². The van der Waals surface area contributed by atoms with Gasteiger partial charge in [0.15, 0.2) is 5.65 Å². The molecule has 3 heterocycles. The standard InChI is InChI=1S/C18H19BrN4O/c1-24-17-4-2-13(3-5-17)14-6-7-22(10-14)11-15-8-21-23-12-16(19)9-20-18(15)23/h2-5,8-9,12,14H,6-7,10-11H2,1H3. The highest BCUT2D eigenvalue weighted by Crippen LogP contribution is 2.29. The molecule has 1 aliphatic rings. The molecule has 6 heteroatoms. The van der Waals surface area contributed by atoms with E-state index in [1.54, 1.807) is 7.11 Å². The highest BCUT2D eigenvalue weighted by Gasteiger charge is 2.24. The summed E-state index contributed by atoms with van der Waals surface area (Å²) in [6.07, 6.45) is 6.88. The third-order valence-corrected chi connectivity index (χ3v) is 5.06. The van der Waals surface area contributed by atoms with E-state index in [0.29, 0.717) is 5.92 Å². The number of aromatic nitrogens is 3. The molecule has 0 N–H and O–H groups in total. The molecule has 3 aromatic rings. The number of fused-ring (bicyclic) bond motifs is 1. The summed E-state index contributed by atoms with van der Waals surface area (Å²) < 4.78 is 8.01. The molecule has 1 unspecified atom stereocenters. The summed E-state index contributed by atoms with van der Waals surface area (Å²) in [5.74, 6) is 1.50. The van der Waals surface area contributed by atoms with Crippen LogP contribution in [-0.4, -0.2) is 39.7 Å². The van der Waals surface area contributed by atoms with Crippen LogP contribution in [0.15, 0.2) is 47.3 Å². The lowest BCUT2D eigenvalue weighted by Gasteiger charge is -2.15. The van der Waals surface area contributed by atoms with Crippen molar-refractivity contribution in [3.63, 3.8) is 0 Å². The number of hydrogen-bond acceptors (Lipinski definition) is 4. The Bertz CT molecular complexity index is 846. The monoisotopic (exact) mass is 386 g/mol. The van der Waals surface area contributed by atoms with E-state index in [1.165, 1.54) is 17.5 Å². The maximum Gasteiger partial charge on any atom is 0.159 e. The first-order valence-electron chi connectivity index (χ1n) is 8.07. The molecule has 1 atom stereocenters. The van der Waals surface area contributed by atoms with Gasteiger partial charge in [0, 0.05) is 31.0 Å². The van der Waals surface area contributed by atoms with E-state index < -0.39 is 0 Å². The second kappa shape index (κ2) is 6.53. The van der Waals surface area contributed by atoms with Crippen molar-refractivity contribution >= 4 is 21.6 Å². The van der Waals surface area contributed by atoms with Gasteiger partial charge < -0.3 is 4.74 Å². The van der Waals surface area contributed by atoms with Gasteiger partial charge in [-0.25, -0.2) is 9.50 Å². The molecule has 4 rings (SSSR count). The number of hydrogen-bond donors (Lipinski definition) is 0.